The highest BCUT2D eigenvalue weighted by atomic mass is 35.5. The molecule has 202 valence electrons. The lowest BCUT2D eigenvalue weighted by Crippen LogP contribution is -2.61. The van der Waals surface area contributed by atoms with Crippen LogP contribution in [0.25, 0.3) is 0 Å². The fourth-order valence-corrected chi connectivity index (χ4v) is 5.64. The Labute approximate surface area is 218 Å². The third kappa shape index (κ3) is 7.31. The van der Waals surface area contributed by atoms with Crippen LogP contribution in [-0.2, 0) is 11.2 Å². The van der Waals surface area contributed by atoms with Gasteiger partial charge in [-0.1, -0.05) is 23.7 Å². The number of piperazine rings is 1. The fourth-order valence-electron chi connectivity index (χ4n) is 5.51. The molecule has 3 fully saturated rings. The van der Waals surface area contributed by atoms with Gasteiger partial charge in [0.15, 0.2) is 0 Å². The van der Waals surface area contributed by atoms with E-state index >= 15 is 0 Å². The molecule has 3 aliphatic heterocycles. The van der Waals surface area contributed by atoms with E-state index in [9.17, 15) is 18.3 Å². The maximum absolute atomic E-state index is 10.6. The average molecular weight is 542 g/mol. The standard InChI is InChI=1S/C23H30ClN5O.C2HF3O2/c24-18-4-2-17(3-5-18)12-21-14-28-16-22(30)13-20(28)15-29(21)19-6-10-27(11-7-19)23-25-8-1-9-26-23;3-2(4,5)1(6)7/h1-5,8-9,19-22,30H,6-7,10-16H2;(H,6,7)/t20-,21-,22+;/m0./s1. The summed E-state index contributed by atoms with van der Waals surface area (Å²) in [5, 5.41) is 18.1. The lowest BCUT2D eigenvalue weighted by atomic mass is 9.94. The average Bonchev–Trinajstić information content (AvgIpc) is 3.24. The Morgan fingerprint density at radius 1 is 1.03 bits per heavy atom. The zero-order valence-corrected chi connectivity index (χ0v) is 21.0. The fraction of sp³-hybridized carbons (Fsp3) is 0.560. The van der Waals surface area contributed by atoms with Crippen molar-refractivity contribution in [1.82, 2.24) is 19.8 Å². The zero-order valence-electron chi connectivity index (χ0n) is 20.3. The molecule has 2 aromatic rings. The molecule has 4 heterocycles. The summed E-state index contributed by atoms with van der Waals surface area (Å²) in [7, 11) is 0. The van der Waals surface area contributed by atoms with Gasteiger partial charge in [0, 0.05) is 68.3 Å². The summed E-state index contributed by atoms with van der Waals surface area (Å²) in [5.74, 6) is -1.91. The molecule has 1 aromatic heterocycles. The molecular formula is C25H31ClF3N5O3. The number of carbonyl (C=O) groups is 1. The van der Waals surface area contributed by atoms with Crippen molar-refractivity contribution in [1.29, 1.82) is 0 Å². The molecule has 37 heavy (non-hydrogen) atoms. The van der Waals surface area contributed by atoms with E-state index in [2.05, 4.69) is 36.8 Å². The van der Waals surface area contributed by atoms with Crippen molar-refractivity contribution in [3.63, 3.8) is 0 Å². The molecule has 0 saturated carbocycles. The Bertz CT molecular complexity index is 1020. The van der Waals surface area contributed by atoms with Crippen LogP contribution in [-0.4, -0.2) is 99.1 Å². The largest absolute Gasteiger partial charge is 0.490 e. The van der Waals surface area contributed by atoms with E-state index in [-0.39, 0.29) is 6.10 Å². The van der Waals surface area contributed by atoms with Crippen molar-refractivity contribution < 1.29 is 28.2 Å². The minimum Gasteiger partial charge on any atom is -0.475 e. The molecule has 0 amide bonds. The van der Waals surface area contributed by atoms with Crippen LogP contribution in [0.15, 0.2) is 42.7 Å². The van der Waals surface area contributed by atoms with Crippen LogP contribution >= 0.6 is 11.6 Å². The number of fused-ring (bicyclic) bond motifs is 1. The lowest BCUT2D eigenvalue weighted by molar-refractivity contribution is -0.192. The normalized spacial score (nSPS) is 25.3. The maximum atomic E-state index is 10.6. The quantitative estimate of drug-likeness (QED) is 0.610. The third-order valence-corrected chi connectivity index (χ3v) is 7.49. The van der Waals surface area contributed by atoms with Gasteiger partial charge in [-0.25, -0.2) is 14.8 Å². The summed E-state index contributed by atoms with van der Waals surface area (Å²) in [6, 6.07) is 11.7. The molecule has 0 unspecified atom stereocenters. The van der Waals surface area contributed by atoms with Crippen molar-refractivity contribution in [2.24, 2.45) is 0 Å². The van der Waals surface area contributed by atoms with Crippen LogP contribution in [0.3, 0.4) is 0 Å². The number of carboxylic acids is 1. The minimum absolute atomic E-state index is 0.178. The predicted octanol–water partition coefficient (Wildman–Crippen LogP) is 3.09. The van der Waals surface area contributed by atoms with Gasteiger partial charge in [0.1, 0.15) is 0 Å². The van der Waals surface area contributed by atoms with Crippen molar-refractivity contribution in [3.8, 4) is 0 Å². The summed E-state index contributed by atoms with van der Waals surface area (Å²) >= 11 is 6.10. The van der Waals surface area contributed by atoms with Crippen molar-refractivity contribution in [3.05, 3.63) is 53.3 Å². The van der Waals surface area contributed by atoms with E-state index in [0.717, 1.165) is 69.4 Å². The van der Waals surface area contributed by atoms with Crippen LogP contribution in [0.5, 0.6) is 0 Å². The van der Waals surface area contributed by atoms with Gasteiger partial charge in [0.25, 0.3) is 0 Å². The van der Waals surface area contributed by atoms with E-state index < -0.39 is 12.1 Å². The minimum atomic E-state index is -5.08. The number of aliphatic hydroxyl groups is 1. The monoisotopic (exact) mass is 541 g/mol. The van der Waals surface area contributed by atoms with E-state index in [0.29, 0.717) is 18.1 Å². The van der Waals surface area contributed by atoms with Gasteiger partial charge in [-0.15, -0.1) is 0 Å². The number of halogens is 4. The smallest absolute Gasteiger partial charge is 0.475 e. The van der Waals surface area contributed by atoms with Crippen LogP contribution in [0, 0.1) is 0 Å². The number of nitrogens with zero attached hydrogens (tertiary/aromatic N) is 5. The molecular weight excluding hydrogens is 511 g/mol. The first-order valence-electron chi connectivity index (χ1n) is 12.3. The maximum Gasteiger partial charge on any atom is 0.490 e. The second-order valence-corrected chi connectivity index (χ2v) is 10.2. The Morgan fingerprint density at radius 3 is 2.24 bits per heavy atom. The summed E-state index contributed by atoms with van der Waals surface area (Å²) < 4.78 is 31.7. The van der Waals surface area contributed by atoms with Gasteiger partial charge in [-0.2, -0.15) is 13.2 Å². The number of piperidine rings is 1. The highest BCUT2D eigenvalue weighted by Crippen LogP contribution is 2.31. The lowest BCUT2D eigenvalue weighted by Gasteiger charge is -2.49. The van der Waals surface area contributed by atoms with Gasteiger partial charge in [-0.05, 0) is 49.4 Å². The number of rotatable bonds is 4. The molecule has 3 atom stereocenters. The molecule has 0 spiro atoms. The number of aliphatic carboxylic acids is 1. The molecule has 2 N–H and O–H groups in total. The molecule has 8 nitrogen and oxygen atoms in total. The molecule has 12 heteroatoms. The summed E-state index contributed by atoms with van der Waals surface area (Å²) in [5.41, 5.74) is 1.34. The van der Waals surface area contributed by atoms with Crippen LogP contribution in [0.2, 0.25) is 5.02 Å². The number of aliphatic hydroxyl groups excluding tert-OH is 1. The number of carboxylic acid groups (broad SMARTS) is 1. The van der Waals surface area contributed by atoms with Gasteiger partial charge in [0.05, 0.1) is 6.10 Å². The highest BCUT2D eigenvalue weighted by Gasteiger charge is 2.42. The van der Waals surface area contributed by atoms with Crippen molar-refractivity contribution in [2.75, 3.05) is 37.6 Å². The molecule has 5 rings (SSSR count). The van der Waals surface area contributed by atoms with E-state index in [1.807, 2.05) is 30.6 Å². The topological polar surface area (TPSA) is 93.0 Å². The number of benzene rings is 1. The van der Waals surface area contributed by atoms with Gasteiger partial charge in [-0.3, -0.25) is 9.80 Å². The van der Waals surface area contributed by atoms with Crippen molar-refractivity contribution in [2.45, 2.75) is 56.1 Å². The number of hydrogen-bond acceptors (Lipinski definition) is 7. The second kappa shape index (κ2) is 11.9. The Kier molecular flexibility index (Phi) is 8.89. The molecule has 1 aromatic carbocycles. The zero-order chi connectivity index (χ0) is 26.6. The van der Waals surface area contributed by atoms with E-state index in [1.54, 1.807) is 0 Å². The van der Waals surface area contributed by atoms with Crippen molar-refractivity contribution >= 4 is 23.5 Å². The first-order chi connectivity index (χ1) is 17.6. The summed E-state index contributed by atoms with van der Waals surface area (Å²) in [6.07, 6.45) is 2.57. The number of aromatic nitrogens is 2. The Hall–Kier alpha value is -2.47. The van der Waals surface area contributed by atoms with Crippen LogP contribution < -0.4 is 4.90 Å². The van der Waals surface area contributed by atoms with Crippen LogP contribution in [0.4, 0.5) is 19.1 Å². The molecule has 0 bridgehead atoms. The molecule has 0 aliphatic carbocycles. The second-order valence-electron chi connectivity index (χ2n) is 9.75. The van der Waals surface area contributed by atoms with E-state index in [4.69, 9.17) is 21.5 Å². The molecule has 3 aliphatic rings. The van der Waals surface area contributed by atoms with Crippen LogP contribution in [0.1, 0.15) is 24.8 Å². The van der Waals surface area contributed by atoms with E-state index in [1.165, 1.54) is 5.56 Å². The number of anilines is 1. The first-order valence-corrected chi connectivity index (χ1v) is 12.7. The Balaban J connectivity index is 0.000000405. The summed E-state index contributed by atoms with van der Waals surface area (Å²) in [4.78, 5) is 25.3. The summed E-state index contributed by atoms with van der Waals surface area (Å²) in [6.45, 7) is 4.90. The SMILES string of the molecule is O=C(O)C(F)(F)F.O[C@@H]1C[C@H]2CN(C3CCN(c4ncccn4)CC3)[C@@H](Cc3ccc(Cl)cc3)CN2C1. The van der Waals surface area contributed by atoms with Gasteiger partial charge < -0.3 is 15.1 Å². The highest BCUT2D eigenvalue weighted by molar-refractivity contribution is 6.30. The van der Waals surface area contributed by atoms with Gasteiger partial charge >= 0.3 is 12.1 Å². The molecule has 0 radical (unpaired) electrons. The van der Waals surface area contributed by atoms with Gasteiger partial charge in [0.2, 0.25) is 5.95 Å². The molecule has 3 saturated heterocycles. The third-order valence-electron chi connectivity index (χ3n) is 7.24. The number of hydrogen-bond donors (Lipinski definition) is 2. The first kappa shape index (κ1) is 27.6. The predicted molar refractivity (Wildman–Crippen MR) is 133 cm³/mol. The number of alkyl halides is 3. The Morgan fingerprint density at radius 2 is 1.65 bits per heavy atom.